The molecule has 0 saturated carbocycles. The fourth-order valence-corrected chi connectivity index (χ4v) is 4.68. The summed E-state index contributed by atoms with van der Waals surface area (Å²) in [4.78, 5) is 12.9. The van der Waals surface area contributed by atoms with Gasteiger partial charge >= 0.3 is 0 Å². The van der Waals surface area contributed by atoms with Crippen LogP contribution in [0.5, 0.6) is 0 Å². The number of rotatable bonds is 1. The summed E-state index contributed by atoms with van der Waals surface area (Å²) >= 11 is 1.77. The molecule has 1 aromatic carbocycles. The van der Waals surface area contributed by atoms with Crippen LogP contribution in [0, 0.1) is 13.8 Å². The number of carbonyl (C=O) groups is 1. The second kappa shape index (κ2) is 5.96. The van der Waals surface area contributed by atoms with E-state index in [9.17, 15) is 4.79 Å². The average molecular weight is 313 g/mol. The molecule has 0 saturated heterocycles. The van der Waals surface area contributed by atoms with E-state index in [-0.39, 0.29) is 5.91 Å². The Balaban J connectivity index is 2.09. The van der Waals surface area contributed by atoms with Crippen molar-refractivity contribution in [2.75, 3.05) is 0 Å². The first-order valence-corrected chi connectivity index (χ1v) is 8.75. The summed E-state index contributed by atoms with van der Waals surface area (Å²) in [6.07, 6.45) is 4.45. The molecule has 0 fully saturated rings. The lowest BCUT2D eigenvalue weighted by molar-refractivity contribution is -0.118. The number of fused-ring (bicyclic) bond motifs is 2. The Bertz CT molecular complexity index is 712. The van der Waals surface area contributed by atoms with Gasteiger partial charge in [0.25, 0.3) is 0 Å². The third-order valence-electron chi connectivity index (χ3n) is 4.75. The molecule has 1 N–H and O–H groups in total. The highest BCUT2D eigenvalue weighted by Crippen LogP contribution is 2.47. The van der Waals surface area contributed by atoms with E-state index in [4.69, 9.17) is 0 Å². The molecule has 0 spiro atoms. The Kier molecular flexibility index (Phi) is 4.18. The monoisotopic (exact) mass is 313 g/mol. The van der Waals surface area contributed by atoms with E-state index in [0.717, 1.165) is 30.7 Å². The van der Waals surface area contributed by atoms with Gasteiger partial charge in [0.15, 0.2) is 0 Å². The predicted octanol–water partition coefficient (Wildman–Crippen LogP) is 4.86. The highest BCUT2D eigenvalue weighted by molar-refractivity contribution is 8.11. The van der Waals surface area contributed by atoms with Gasteiger partial charge in [-0.1, -0.05) is 29.5 Å². The van der Waals surface area contributed by atoms with Crippen LogP contribution in [0.4, 0.5) is 0 Å². The van der Waals surface area contributed by atoms with E-state index in [1.54, 1.807) is 24.3 Å². The Morgan fingerprint density at radius 1 is 1.09 bits per heavy atom. The van der Waals surface area contributed by atoms with Crippen molar-refractivity contribution in [2.24, 2.45) is 0 Å². The number of amides is 1. The van der Waals surface area contributed by atoms with Crippen LogP contribution in [0.2, 0.25) is 0 Å². The van der Waals surface area contributed by atoms with Crippen molar-refractivity contribution in [1.82, 2.24) is 5.32 Å². The average Bonchev–Trinajstić information content (AvgIpc) is 2.62. The Labute approximate surface area is 137 Å². The Morgan fingerprint density at radius 2 is 1.82 bits per heavy atom. The van der Waals surface area contributed by atoms with Crippen molar-refractivity contribution < 1.29 is 4.79 Å². The van der Waals surface area contributed by atoms with Gasteiger partial charge in [-0.2, -0.15) is 0 Å². The molecule has 0 unspecified atom stereocenters. The highest BCUT2D eigenvalue weighted by Gasteiger charge is 2.25. The minimum atomic E-state index is 0.0166. The maximum atomic E-state index is 11.5. The zero-order valence-electron chi connectivity index (χ0n) is 13.8. The first kappa shape index (κ1) is 15.4. The second-order valence-corrected chi connectivity index (χ2v) is 7.39. The molecule has 0 radical (unpaired) electrons. The Morgan fingerprint density at radius 3 is 2.55 bits per heavy atom. The van der Waals surface area contributed by atoms with Gasteiger partial charge in [0.1, 0.15) is 0 Å². The van der Waals surface area contributed by atoms with Crippen molar-refractivity contribution in [3.8, 4) is 0 Å². The van der Waals surface area contributed by atoms with E-state index in [2.05, 4.69) is 38.2 Å². The summed E-state index contributed by atoms with van der Waals surface area (Å²) in [6.45, 7) is 8.14. The molecule has 1 heterocycles. The number of nitrogens with one attached hydrogen (secondary N) is 1. The van der Waals surface area contributed by atoms with Crippen LogP contribution in [-0.4, -0.2) is 5.91 Å². The molecule has 1 amide bonds. The van der Waals surface area contributed by atoms with Crippen LogP contribution >= 0.6 is 11.8 Å². The molecule has 22 heavy (non-hydrogen) atoms. The van der Waals surface area contributed by atoms with Gasteiger partial charge in [0, 0.05) is 11.8 Å². The lowest BCUT2D eigenvalue weighted by Gasteiger charge is -2.25. The first-order valence-electron chi connectivity index (χ1n) is 7.94. The topological polar surface area (TPSA) is 29.1 Å². The van der Waals surface area contributed by atoms with Crippen molar-refractivity contribution in [2.45, 2.75) is 53.4 Å². The zero-order chi connectivity index (χ0) is 15.9. The molecule has 0 bridgehead atoms. The summed E-state index contributed by atoms with van der Waals surface area (Å²) in [7, 11) is 0. The molecule has 3 rings (SSSR count). The minimum absolute atomic E-state index is 0.0166. The molecule has 0 atom stereocenters. The van der Waals surface area contributed by atoms with Gasteiger partial charge < -0.3 is 5.32 Å². The van der Waals surface area contributed by atoms with Gasteiger partial charge in [-0.25, -0.2) is 0 Å². The standard InChI is InChI=1S/C19H23NOS/c1-11-5-7-15-9-10-16-8-6-12(2)19(20-14(4)21)22-18(16)17(15)13(11)3/h5,7H,6,8-10H2,1-4H3,(H,20,21). The molecule has 1 aliphatic heterocycles. The second-order valence-electron chi connectivity index (χ2n) is 6.37. The molecule has 116 valence electrons. The minimum Gasteiger partial charge on any atom is -0.321 e. The molecule has 0 aromatic heterocycles. The molecule has 2 aliphatic rings. The van der Waals surface area contributed by atoms with Crippen LogP contribution in [-0.2, 0) is 11.2 Å². The van der Waals surface area contributed by atoms with E-state index < -0.39 is 0 Å². The normalized spacial score (nSPS) is 17.8. The number of thioether (sulfide) groups is 1. The number of hydrogen-bond donors (Lipinski definition) is 1. The van der Waals surface area contributed by atoms with Crippen LogP contribution < -0.4 is 5.32 Å². The predicted molar refractivity (Wildman–Crippen MR) is 94.5 cm³/mol. The smallest absolute Gasteiger partial charge is 0.221 e. The lowest BCUT2D eigenvalue weighted by atomic mass is 9.85. The molecule has 1 aromatic rings. The van der Waals surface area contributed by atoms with Crippen molar-refractivity contribution in [3.63, 3.8) is 0 Å². The SMILES string of the molecule is CC(=O)NC1=C(C)CCC2=C(S1)c1c(ccc(C)c1C)CC2. The van der Waals surface area contributed by atoms with Crippen LogP contribution in [0.15, 0.2) is 28.3 Å². The third kappa shape index (κ3) is 2.74. The molecular weight excluding hydrogens is 290 g/mol. The molecule has 2 nitrogen and oxygen atoms in total. The van der Waals surface area contributed by atoms with Crippen LogP contribution in [0.1, 0.15) is 55.4 Å². The zero-order valence-corrected chi connectivity index (χ0v) is 14.6. The third-order valence-corrected chi connectivity index (χ3v) is 6.10. The lowest BCUT2D eigenvalue weighted by Crippen LogP contribution is -2.18. The van der Waals surface area contributed by atoms with Gasteiger partial charge in [0.05, 0.1) is 5.03 Å². The van der Waals surface area contributed by atoms with Crippen LogP contribution in [0.25, 0.3) is 4.91 Å². The molecule has 3 heteroatoms. The fraction of sp³-hybridized carbons (Fsp3) is 0.421. The van der Waals surface area contributed by atoms with Gasteiger partial charge in [-0.15, -0.1) is 0 Å². The maximum absolute atomic E-state index is 11.5. The number of benzene rings is 1. The van der Waals surface area contributed by atoms with Crippen LogP contribution in [0.3, 0.4) is 0 Å². The number of allylic oxidation sites excluding steroid dienone is 2. The van der Waals surface area contributed by atoms with E-state index in [1.807, 2.05) is 0 Å². The Hall–Kier alpha value is -1.48. The summed E-state index contributed by atoms with van der Waals surface area (Å²) < 4.78 is 0. The van der Waals surface area contributed by atoms with E-state index in [0.29, 0.717) is 0 Å². The fourth-order valence-electron chi connectivity index (χ4n) is 3.27. The van der Waals surface area contributed by atoms with Gasteiger partial charge in [-0.3, -0.25) is 4.79 Å². The summed E-state index contributed by atoms with van der Waals surface area (Å²) in [5.74, 6) is 0.0166. The van der Waals surface area contributed by atoms with Gasteiger partial charge in [0.2, 0.25) is 5.91 Å². The number of carbonyl (C=O) groups excluding carboxylic acids is 1. The molecular formula is C19H23NOS. The summed E-state index contributed by atoms with van der Waals surface area (Å²) in [5.41, 5.74) is 8.46. The van der Waals surface area contributed by atoms with Crippen molar-refractivity contribution >= 4 is 22.6 Å². The summed E-state index contributed by atoms with van der Waals surface area (Å²) in [6, 6.07) is 4.51. The first-order chi connectivity index (χ1) is 10.5. The summed E-state index contributed by atoms with van der Waals surface area (Å²) in [5, 5.41) is 4.07. The number of hydrogen-bond acceptors (Lipinski definition) is 2. The van der Waals surface area contributed by atoms with Crippen molar-refractivity contribution in [3.05, 3.63) is 50.6 Å². The van der Waals surface area contributed by atoms with Gasteiger partial charge in [-0.05, 0) is 74.3 Å². The highest BCUT2D eigenvalue weighted by atomic mass is 32.2. The largest absolute Gasteiger partial charge is 0.321 e. The van der Waals surface area contributed by atoms with E-state index in [1.165, 1.54) is 32.7 Å². The maximum Gasteiger partial charge on any atom is 0.221 e. The quantitative estimate of drug-likeness (QED) is 0.802. The van der Waals surface area contributed by atoms with Crippen molar-refractivity contribution in [1.29, 1.82) is 0 Å². The molecule has 1 aliphatic carbocycles. The van der Waals surface area contributed by atoms with E-state index >= 15 is 0 Å². The number of aryl methyl sites for hydroxylation is 2.